The van der Waals surface area contributed by atoms with Crippen LogP contribution in [-0.4, -0.2) is 30.6 Å². The molecule has 0 radical (unpaired) electrons. The van der Waals surface area contributed by atoms with Crippen molar-refractivity contribution in [3.05, 3.63) is 23.9 Å². The molecule has 148 valence electrons. The molecule has 6 atom stereocenters. The molecule has 0 aromatic carbocycles. The number of carbonyl (C=O) groups is 2. The van der Waals surface area contributed by atoms with Crippen LogP contribution in [0.25, 0.3) is 0 Å². The summed E-state index contributed by atoms with van der Waals surface area (Å²) in [5.74, 6) is 2.97. The van der Waals surface area contributed by atoms with E-state index < -0.39 is 0 Å². The Morgan fingerprint density at radius 1 is 1.07 bits per heavy atom. The van der Waals surface area contributed by atoms with E-state index >= 15 is 0 Å². The highest BCUT2D eigenvalue weighted by Gasteiger charge is 2.59. The predicted molar refractivity (Wildman–Crippen MR) is 108 cm³/mol. The first-order valence-corrected chi connectivity index (χ1v) is 10.9. The molecule has 0 bridgehead atoms. The van der Waals surface area contributed by atoms with Gasteiger partial charge in [-0.25, -0.2) is 0 Å². The molecular formula is C24H35NO2. The molecule has 0 aromatic heterocycles. The highest BCUT2D eigenvalue weighted by Crippen LogP contribution is 2.66. The molecular weight excluding hydrogens is 334 g/mol. The lowest BCUT2D eigenvalue weighted by molar-refractivity contribution is -0.126. The second-order valence-electron chi connectivity index (χ2n) is 10.3. The standard InChI is InChI=1S/C24H35NO2/c1-23-12-9-17(26)15-16(23)5-6-18-19-7-8-21(22(27)11-14-25(3)4)24(19,2)13-10-20(18)23/h11,14-15,18-21H,5-10,12-13H2,1-4H3/b14-11+. The molecule has 0 N–H and O–H groups in total. The van der Waals surface area contributed by atoms with Crippen LogP contribution in [-0.2, 0) is 9.59 Å². The number of hydrogen-bond acceptors (Lipinski definition) is 3. The van der Waals surface area contributed by atoms with Gasteiger partial charge in [0.1, 0.15) is 0 Å². The van der Waals surface area contributed by atoms with Crippen LogP contribution in [0, 0.1) is 34.5 Å². The molecule has 0 saturated heterocycles. The summed E-state index contributed by atoms with van der Waals surface area (Å²) < 4.78 is 0. The van der Waals surface area contributed by atoms with Crippen LogP contribution in [0.5, 0.6) is 0 Å². The molecule has 3 heteroatoms. The van der Waals surface area contributed by atoms with Gasteiger partial charge >= 0.3 is 0 Å². The molecule has 3 nitrogen and oxygen atoms in total. The molecule has 0 aromatic rings. The van der Waals surface area contributed by atoms with Gasteiger partial charge in [-0.15, -0.1) is 0 Å². The van der Waals surface area contributed by atoms with Gasteiger partial charge in [0.15, 0.2) is 11.6 Å². The first-order valence-electron chi connectivity index (χ1n) is 10.9. The van der Waals surface area contributed by atoms with Gasteiger partial charge in [-0.1, -0.05) is 19.4 Å². The number of fused-ring (bicyclic) bond motifs is 5. The quantitative estimate of drug-likeness (QED) is 0.672. The largest absolute Gasteiger partial charge is 0.383 e. The molecule has 3 saturated carbocycles. The van der Waals surface area contributed by atoms with Gasteiger partial charge in [-0.3, -0.25) is 9.59 Å². The number of hydrogen-bond donors (Lipinski definition) is 0. The third-order valence-corrected chi connectivity index (χ3v) is 8.84. The topological polar surface area (TPSA) is 37.4 Å². The van der Waals surface area contributed by atoms with E-state index in [0.29, 0.717) is 23.4 Å². The van der Waals surface area contributed by atoms with E-state index in [1.165, 1.54) is 31.3 Å². The molecule has 0 heterocycles. The van der Waals surface area contributed by atoms with Crippen molar-refractivity contribution in [2.24, 2.45) is 34.5 Å². The van der Waals surface area contributed by atoms with Gasteiger partial charge in [0.2, 0.25) is 0 Å². The summed E-state index contributed by atoms with van der Waals surface area (Å²) in [7, 11) is 3.94. The van der Waals surface area contributed by atoms with Crippen LogP contribution in [0.4, 0.5) is 0 Å². The molecule has 4 aliphatic rings. The Morgan fingerprint density at radius 2 is 1.85 bits per heavy atom. The molecule has 27 heavy (non-hydrogen) atoms. The maximum Gasteiger partial charge on any atom is 0.160 e. The fourth-order valence-corrected chi connectivity index (χ4v) is 7.37. The monoisotopic (exact) mass is 369 g/mol. The molecule has 0 amide bonds. The molecule has 0 spiro atoms. The zero-order valence-corrected chi connectivity index (χ0v) is 17.5. The van der Waals surface area contributed by atoms with Crippen LogP contribution < -0.4 is 0 Å². The first kappa shape index (κ1) is 19.0. The lowest BCUT2D eigenvalue weighted by Crippen LogP contribution is -2.51. The zero-order chi connectivity index (χ0) is 19.4. The van der Waals surface area contributed by atoms with Crippen molar-refractivity contribution in [3.8, 4) is 0 Å². The van der Waals surface area contributed by atoms with Crippen LogP contribution >= 0.6 is 0 Å². The minimum Gasteiger partial charge on any atom is -0.383 e. The summed E-state index contributed by atoms with van der Waals surface area (Å²) in [5, 5.41) is 0. The van der Waals surface area contributed by atoms with E-state index in [0.717, 1.165) is 31.6 Å². The molecule has 6 unspecified atom stereocenters. The van der Waals surface area contributed by atoms with Crippen LogP contribution in [0.3, 0.4) is 0 Å². The number of ketones is 2. The summed E-state index contributed by atoms with van der Waals surface area (Å²) in [4.78, 5) is 26.8. The Hall–Kier alpha value is -1.38. The summed E-state index contributed by atoms with van der Waals surface area (Å²) in [6, 6.07) is 0. The summed E-state index contributed by atoms with van der Waals surface area (Å²) in [5.41, 5.74) is 1.82. The van der Waals surface area contributed by atoms with Crippen LogP contribution in [0.2, 0.25) is 0 Å². The average molecular weight is 370 g/mol. The first-order chi connectivity index (χ1) is 12.8. The van der Waals surface area contributed by atoms with Crippen molar-refractivity contribution in [1.82, 2.24) is 4.90 Å². The maximum atomic E-state index is 12.9. The van der Waals surface area contributed by atoms with Gasteiger partial charge in [-0.2, -0.15) is 0 Å². The fourth-order valence-electron chi connectivity index (χ4n) is 7.37. The van der Waals surface area contributed by atoms with Crippen molar-refractivity contribution in [2.75, 3.05) is 14.1 Å². The third kappa shape index (κ3) is 2.93. The highest BCUT2D eigenvalue weighted by molar-refractivity contribution is 5.92. The summed E-state index contributed by atoms with van der Waals surface area (Å²) >= 11 is 0. The van der Waals surface area contributed by atoms with Gasteiger partial charge < -0.3 is 4.90 Å². The second-order valence-corrected chi connectivity index (χ2v) is 10.3. The van der Waals surface area contributed by atoms with E-state index in [-0.39, 0.29) is 16.7 Å². The minimum atomic E-state index is 0.164. The predicted octanol–water partition coefficient (Wildman–Crippen LogP) is 4.78. The Bertz CT molecular complexity index is 705. The van der Waals surface area contributed by atoms with Crippen molar-refractivity contribution in [3.63, 3.8) is 0 Å². The van der Waals surface area contributed by atoms with E-state index in [2.05, 4.69) is 13.8 Å². The van der Waals surface area contributed by atoms with Gasteiger partial charge in [-0.05, 0) is 85.7 Å². The lowest BCUT2D eigenvalue weighted by Gasteiger charge is -2.58. The lowest BCUT2D eigenvalue weighted by atomic mass is 9.46. The summed E-state index contributed by atoms with van der Waals surface area (Å²) in [6.45, 7) is 4.84. The van der Waals surface area contributed by atoms with E-state index in [1.54, 1.807) is 6.08 Å². The maximum absolute atomic E-state index is 12.9. The third-order valence-electron chi connectivity index (χ3n) is 8.84. The fraction of sp³-hybridized carbons (Fsp3) is 0.750. The number of nitrogens with zero attached hydrogens (tertiary/aromatic N) is 1. The number of allylic oxidation sites excluding steroid dienone is 2. The van der Waals surface area contributed by atoms with Crippen molar-refractivity contribution >= 4 is 11.6 Å². The molecule has 0 aliphatic heterocycles. The van der Waals surface area contributed by atoms with Gasteiger partial charge in [0.05, 0.1) is 0 Å². The number of rotatable bonds is 3. The second kappa shape index (κ2) is 6.60. The Morgan fingerprint density at radius 3 is 2.59 bits per heavy atom. The molecule has 3 fully saturated rings. The zero-order valence-electron chi connectivity index (χ0n) is 17.5. The van der Waals surface area contributed by atoms with Crippen LogP contribution in [0.1, 0.15) is 65.2 Å². The van der Waals surface area contributed by atoms with Crippen molar-refractivity contribution in [2.45, 2.75) is 65.2 Å². The van der Waals surface area contributed by atoms with Crippen LogP contribution in [0.15, 0.2) is 23.9 Å². The van der Waals surface area contributed by atoms with E-state index in [4.69, 9.17) is 0 Å². The SMILES string of the molecule is CN(C)/C=C/C(=O)C1CCC2C3CCC4=CC(=O)CCC4(C)C3CCC12C. The normalized spacial score (nSPS) is 43.7. The number of carbonyl (C=O) groups excluding carboxylic acids is 2. The van der Waals surface area contributed by atoms with E-state index in [9.17, 15) is 9.59 Å². The van der Waals surface area contributed by atoms with E-state index in [1.807, 2.05) is 31.3 Å². The Balaban J connectivity index is 1.58. The molecule has 4 aliphatic carbocycles. The Kier molecular flexibility index (Phi) is 4.63. The van der Waals surface area contributed by atoms with Crippen molar-refractivity contribution < 1.29 is 9.59 Å². The van der Waals surface area contributed by atoms with Crippen molar-refractivity contribution in [1.29, 1.82) is 0 Å². The smallest absolute Gasteiger partial charge is 0.160 e. The summed E-state index contributed by atoms with van der Waals surface area (Å²) in [6.07, 6.45) is 14.4. The molecule has 4 rings (SSSR count). The average Bonchev–Trinajstić information content (AvgIpc) is 2.97. The Labute approximate surface area is 164 Å². The highest BCUT2D eigenvalue weighted by atomic mass is 16.1. The van der Waals surface area contributed by atoms with Gasteiger partial charge in [0, 0.05) is 32.6 Å². The van der Waals surface area contributed by atoms with Gasteiger partial charge in [0.25, 0.3) is 0 Å². The minimum absolute atomic E-state index is 0.164.